The van der Waals surface area contributed by atoms with Gasteiger partial charge in [0.05, 0.1) is 21.6 Å². The van der Waals surface area contributed by atoms with Gasteiger partial charge in [0, 0.05) is 48.8 Å². The number of hydrogen-bond donors (Lipinski definition) is 0. The van der Waals surface area contributed by atoms with Gasteiger partial charge < -0.3 is 9.32 Å². The van der Waals surface area contributed by atoms with Crippen molar-refractivity contribution in [3.8, 4) is 33.8 Å². The number of anilines is 3. The van der Waals surface area contributed by atoms with Crippen LogP contribution in [0, 0.1) is 0 Å². The van der Waals surface area contributed by atoms with Gasteiger partial charge in [0.2, 0.25) is 0 Å². The van der Waals surface area contributed by atoms with Crippen molar-refractivity contribution < 1.29 is 4.42 Å². The molecule has 0 saturated heterocycles. The quantitative estimate of drug-likeness (QED) is 0.178. The summed E-state index contributed by atoms with van der Waals surface area (Å²) in [6.07, 6.45) is 0. The summed E-state index contributed by atoms with van der Waals surface area (Å²) in [6, 6.07) is 58.0. The first-order valence-electron chi connectivity index (χ1n) is 18.3. The van der Waals surface area contributed by atoms with Crippen LogP contribution in [0.2, 0.25) is 0 Å². The Kier molecular flexibility index (Phi) is 6.73. The molecule has 3 heterocycles. The Morgan fingerprint density at radius 3 is 2.11 bits per heavy atom. The van der Waals surface area contributed by atoms with Crippen LogP contribution in [0.3, 0.4) is 0 Å². The van der Waals surface area contributed by atoms with Crippen molar-refractivity contribution >= 4 is 70.6 Å². The standard InChI is InChI=1S/C49H33N3OS/c1-49(2)38-22-12-9-19-33(38)34-26-25-32(29-39(34)49)52(31-17-7-4-8-18-31)40-28-27-37(43-35-20-10-13-23-41(35)53-46(40)43)48-50-44(30-15-5-3-6-16-30)47-45(51-48)36-21-11-14-24-42(36)54-47/h3-29H,1-2H3. The highest BCUT2D eigenvalue weighted by Gasteiger charge is 2.36. The number of furan rings is 1. The molecule has 0 fully saturated rings. The predicted molar refractivity (Wildman–Crippen MR) is 225 cm³/mol. The summed E-state index contributed by atoms with van der Waals surface area (Å²) < 4.78 is 9.21. The third-order valence-corrected chi connectivity index (χ3v) is 12.3. The molecule has 0 aliphatic heterocycles. The Morgan fingerprint density at radius 1 is 0.574 bits per heavy atom. The van der Waals surface area contributed by atoms with Crippen molar-refractivity contribution in [3.63, 3.8) is 0 Å². The first-order valence-corrected chi connectivity index (χ1v) is 19.2. The Hall–Kier alpha value is -6.56. The van der Waals surface area contributed by atoms with E-state index in [1.807, 2.05) is 12.1 Å². The molecule has 10 aromatic rings. The number of rotatable bonds is 5. The molecule has 0 N–H and O–H groups in total. The Balaban J connectivity index is 1.18. The number of hydrogen-bond acceptors (Lipinski definition) is 5. The molecule has 1 aliphatic rings. The van der Waals surface area contributed by atoms with Crippen LogP contribution in [0.1, 0.15) is 25.0 Å². The summed E-state index contributed by atoms with van der Waals surface area (Å²) in [5, 5.41) is 3.17. The van der Waals surface area contributed by atoms with Crippen molar-refractivity contribution in [1.82, 2.24) is 9.97 Å². The van der Waals surface area contributed by atoms with E-state index in [1.54, 1.807) is 11.3 Å². The molecule has 0 spiro atoms. The second-order valence-corrected chi connectivity index (χ2v) is 15.6. The van der Waals surface area contributed by atoms with Crippen LogP contribution in [-0.4, -0.2) is 9.97 Å². The lowest BCUT2D eigenvalue weighted by Crippen LogP contribution is -2.16. The molecule has 1 aliphatic carbocycles. The van der Waals surface area contributed by atoms with Crippen molar-refractivity contribution in [2.75, 3.05) is 4.90 Å². The fourth-order valence-corrected chi connectivity index (χ4v) is 9.67. The summed E-state index contributed by atoms with van der Waals surface area (Å²) in [7, 11) is 0. The molecule has 0 unspecified atom stereocenters. The Morgan fingerprint density at radius 2 is 1.26 bits per heavy atom. The Labute approximate surface area is 316 Å². The van der Waals surface area contributed by atoms with E-state index in [1.165, 1.54) is 27.0 Å². The molecular formula is C49H33N3OS. The van der Waals surface area contributed by atoms with E-state index in [0.29, 0.717) is 5.82 Å². The topological polar surface area (TPSA) is 42.2 Å². The third-order valence-electron chi connectivity index (χ3n) is 11.1. The summed E-state index contributed by atoms with van der Waals surface area (Å²) in [5.74, 6) is 0.677. The lowest BCUT2D eigenvalue weighted by molar-refractivity contribution is 0.660. The molecule has 4 nitrogen and oxygen atoms in total. The van der Waals surface area contributed by atoms with E-state index < -0.39 is 0 Å². The highest BCUT2D eigenvalue weighted by Crippen LogP contribution is 2.52. The molecule has 7 aromatic carbocycles. The van der Waals surface area contributed by atoms with Crippen LogP contribution in [0.15, 0.2) is 168 Å². The summed E-state index contributed by atoms with van der Waals surface area (Å²) >= 11 is 1.75. The molecule has 5 heteroatoms. The molecule has 0 saturated carbocycles. The van der Waals surface area contributed by atoms with Gasteiger partial charge in [-0.2, -0.15) is 0 Å². The highest BCUT2D eigenvalue weighted by molar-refractivity contribution is 7.26. The minimum atomic E-state index is -0.138. The normalized spacial score (nSPS) is 13.1. The average molecular weight is 712 g/mol. The van der Waals surface area contributed by atoms with Gasteiger partial charge in [-0.05, 0) is 70.8 Å². The number of fused-ring (bicyclic) bond motifs is 9. The second kappa shape index (κ2) is 11.7. The van der Waals surface area contributed by atoms with E-state index in [4.69, 9.17) is 14.4 Å². The monoisotopic (exact) mass is 711 g/mol. The van der Waals surface area contributed by atoms with Gasteiger partial charge in [-0.1, -0.05) is 129 Å². The number of thiophene rings is 1. The van der Waals surface area contributed by atoms with Gasteiger partial charge in [-0.3, -0.25) is 0 Å². The van der Waals surface area contributed by atoms with Crippen molar-refractivity contribution in [3.05, 3.63) is 175 Å². The molecule has 0 atom stereocenters. The molecule has 3 aromatic heterocycles. The molecular weight excluding hydrogens is 679 g/mol. The van der Waals surface area contributed by atoms with Gasteiger partial charge in [0.25, 0.3) is 0 Å². The number of nitrogens with zero attached hydrogens (tertiary/aromatic N) is 3. The van der Waals surface area contributed by atoms with Gasteiger partial charge >= 0.3 is 0 Å². The summed E-state index contributed by atoms with van der Waals surface area (Å²) in [5.41, 5.74) is 13.7. The minimum absolute atomic E-state index is 0.138. The third kappa shape index (κ3) is 4.55. The lowest BCUT2D eigenvalue weighted by atomic mass is 9.82. The van der Waals surface area contributed by atoms with Crippen molar-refractivity contribution in [1.29, 1.82) is 0 Å². The first-order chi connectivity index (χ1) is 26.5. The van der Waals surface area contributed by atoms with E-state index in [0.717, 1.165) is 71.4 Å². The zero-order chi connectivity index (χ0) is 36.0. The maximum absolute atomic E-state index is 6.92. The van der Waals surface area contributed by atoms with Crippen molar-refractivity contribution in [2.45, 2.75) is 19.3 Å². The van der Waals surface area contributed by atoms with Crippen LogP contribution in [0.4, 0.5) is 17.1 Å². The average Bonchev–Trinajstić information content (AvgIpc) is 3.87. The summed E-state index contributed by atoms with van der Waals surface area (Å²) in [6.45, 7) is 4.66. The first kappa shape index (κ1) is 31.0. The van der Waals surface area contributed by atoms with E-state index in [9.17, 15) is 0 Å². The van der Waals surface area contributed by atoms with Crippen LogP contribution in [-0.2, 0) is 5.41 Å². The van der Waals surface area contributed by atoms with Crippen molar-refractivity contribution in [2.24, 2.45) is 0 Å². The van der Waals surface area contributed by atoms with Crippen LogP contribution >= 0.6 is 11.3 Å². The largest absolute Gasteiger partial charge is 0.454 e. The zero-order valence-electron chi connectivity index (χ0n) is 29.7. The zero-order valence-corrected chi connectivity index (χ0v) is 30.6. The van der Waals surface area contributed by atoms with E-state index in [-0.39, 0.29) is 5.41 Å². The molecule has 256 valence electrons. The second-order valence-electron chi connectivity index (χ2n) is 14.5. The molecule has 0 bridgehead atoms. The number of benzene rings is 7. The molecule has 0 amide bonds. The van der Waals surface area contributed by atoms with Gasteiger partial charge in [0.15, 0.2) is 11.4 Å². The Bertz CT molecular complexity index is 3090. The smallest absolute Gasteiger partial charge is 0.161 e. The molecule has 54 heavy (non-hydrogen) atoms. The fraction of sp³-hybridized carbons (Fsp3) is 0.0612. The SMILES string of the molecule is CC1(C)c2ccccc2-c2ccc(N(c3ccccc3)c3ccc(-c4nc(-c5ccccc5)c5sc6ccccc6c5n4)c4c3oc3ccccc34)cc21. The van der Waals surface area contributed by atoms with Crippen LogP contribution < -0.4 is 4.90 Å². The minimum Gasteiger partial charge on any atom is -0.454 e. The summed E-state index contributed by atoms with van der Waals surface area (Å²) in [4.78, 5) is 13.1. The lowest BCUT2D eigenvalue weighted by Gasteiger charge is -2.28. The molecule has 0 radical (unpaired) electrons. The maximum atomic E-state index is 6.92. The molecule has 11 rings (SSSR count). The van der Waals surface area contributed by atoms with E-state index in [2.05, 4.69) is 170 Å². The van der Waals surface area contributed by atoms with Gasteiger partial charge in [0.1, 0.15) is 5.58 Å². The fourth-order valence-electron chi connectivity index (χ4n) is 8.52. The van der Waals surface area contributed by atoms with Gasteiger partial charge in [-0.15, -0.1) is 11.3 Å². The predicted octanol–water partition coefficient (Wildman–Crippen LogP) is 13.9. The highest BCUT2D eigenvalue weighted by atomic mass is 32.1. The van der Waals surface area contributed by atoms with Crippen LogP contribution in [0.5, 0.6) is 0 Å². The number of aromatic nitrogens is 2. The van der Waals surface area contributed by atoms with Gasteiger partial charge in [-0.25, -0.2) is 9.97 Å². The van der Waals surface area contributed by atoms with Crippen LogP contribution in [0.25, 0.3) is 76.0 Å². The maximum Gasteiger partial charge on any atom is 0.161 e. The number of para-hydroxylation sites is 2. The van der Waals surface area contributed by atoms with E-state index >= 15 is 0 Å².